The Morgan fingerprint density at radius 1 is 1.33 bits per heavy atom. The van der Waals surface area contributed by atoms with E-state index in [1.54, 1.807) is 21.1 Å². The molecule has 1 unspecified atom stereocenters. The normalized spacial score (nSPS) is 19.6. The van der Waals surface area contributed by atoms with Crippen LogP contribution >= 0.6 is 0 Å². The Balaban J connectivity index is 2.09. The lowest BCUT2D eigenvalue weighted by atomic mass is 9.98. The van der Waals surface area contributed by atoms with Gasteiger partial charge in [-0.3, -0.25) is 4.79 Å². The van der Waals surface area contributed by atoms with Crippen LogP contribution in [0.4, 0.5) is 0 Å². The predicted molar refractivity (Wildman–Crippen MR) is 92.1 cm³/mol. The van der Waals surface area contributed by atoms with Crippen molar-refractivity contribution in [2.24, 2.45) is 5.16 Å². The Morgan fingerprint density at radius 2 is 2.04 bits per heavy atom. The van der Waals surface area contributed by atoms with Crippen molar-refractivity contribution in [3.05, 3.63) is 29.8 Å². The van der Waals surface area contributed by atoms with Crippen LogP contribution in [0.3, 0.4) is 0 Å². The summed E-state index contributed by atoms with van der Waals surface area (Å²) in [7, 11) is 3.30. The van der Waals surface area contributed by atoms with Gasteiger partial charge in [-0.2, -0.15) is 0 Å². The molecule has 0 spiro atoms. The van der Waals surface area contributed by atoms with Crippen molar-refractivity contribution in [2.45, 2.75) is 38.8 Å². The van der Waals surface area contributed by atoms with Crippen LogP contribution in [0, 0.1) is 0 Å². The Hall–Kier alpha value is -2.08. The molecule has 1 aliphatic rings. The van der Waals surface area contributed by atoms with Crippen LogP contribution in [0.25, 0.3) is 0 Å². The first-order chi connectivity index (χ1) is 11.5. The molecule has 0 aromatic heterocycles. The van der Waals surface area contributed by atoms with E-state index in [4.69, 9.17) is 14.3 Å². The van der Waals surface area contributed by atoms with Crippen molar-refractivity contribution in [3.8, 4) is 5.75 Å². The average Bonchev–Trinajstić information content (AvgIpc) is 2.94. The summed E-state index contributed by atoms with van der Waals surface area (Å²) >= 11 is 0. The van der Waals surface area contributed by atoms with Crippen molar-refractivity contribution >= 4 is 11.6 Å². The van der Waals surface area contributed by atoms with Gasteiger partial charge in [-0.1, -0.05) is 17.3 Å². The first-order valence-corrected chi connectivity index (χ1v) is 8.11. The van der Waals surface area contributed by atoms with Crippen LogP contribution in [-0.2, 0) is 20.9 Å². The lowest BCUT2D eigenvalue weighted by Crippen LogP contribution is -2.47. The molecule has 1 aromatic rings. The van der Waals surface area contributed by atoms with Gasteiger partial charge in [-0.15, -0.1) is 0 Å². The number of benzene rings is 1. The number of hydrogen-bond donors (Lipinski definition) is 0. The van der Waals surface area contributed by atoms with Crippen molar-refractivity contribution in [3.63, 3.8) is 0 Å². The van der Waals surface area contributed by atoms with Gasteiger partial charge in [-0.05, 0) is 38.0 Å². The Bertz CT molecular complexity index is 585. The fraction of sp³-hybridized carbons (Fsp3) is 0.556. The number of oxime groups is 1. The van der Waals surface area contributed by atoms with E-state index in [1.165, 1.54) is 0 Å². The third-order valence-electron chi connectivity index (χ3n) is 4.04. The van der Waals surface area contributed by atoms with Crippen LogP contribution in [0.15, 0.2) is 29.4 Å². The molecule has 1 amide bonds. The second-order valence-electron chi connectivity index (χ2n) is 6.25. The minimum atomic E-state index is -0.913. The third kappa shape index (κ3) is 4.47. The van der Waals surface area contributed by atoms with Crippen molar-refractivity contribution in [1.29, 1.82) is 0 Å². The molecule has 6 heteroatoms. The fourth-order valence-electron chi connectivity index (χ4n) is 2.78. The largest absolute Gasteiger partial charge is 0.497 e. The minimum absolute atomic E-state index is 0.0463. The molecule has 6 nitrogen and oxygen atoms in total. The van der Waals surface area contributed by atoms with E-state index >= 15 is 0 Å². The third-order valence-corrected chi connectivity index (χ3v) is 4.04. The van der Waals surface area contributed by atoms with Crippen LogP contribution < -0.4 is 4.74 Å². The fourth-order valence-corrected chi connectivity index (χ4v) is 2.78. The molecule has 0 N–H and O–H groups in total. The molecule has 2 rings (SSSR count). The molecular weight excluding hydrogens is 308 g/mol. The van der Waals surface area contributed by atoms with Gasteiger partial charge in [0.25, 0.3) is 5.91 Å². The van der Waals surface area contributed by atoms with Gasteiger partial charge in [0, 0.05) is 33.2 Å². The van der Waals surface area contributed by atoms with Gasteiger partial charge in [0.2, 0.25) is 5.60 Å². The van der Waals surface area contributed by atoms with Crippen LogP contribution in [0.5, 0.6) is 5.75 Å². The second kappa shape index (κ2) is 8.15. The topological polar surface area (TPSA) is 60.4 Å². The number of carbonyl (C=O) groups is 1. The van der Waals surface area contributed by atoms with Gasteiger partial charge in [0.05, 0.1) is 12.8 Å². The molecule has 1 aromatic carbocycles. The monoisotopic (exact) mass is 334 g/mol. The lowest BCUT2D eigenvalue weighted by Gasteiger charge is -2.30. The highest BCUT2D eigenvalue weighted by atomic mass is 16.7. The van der Waals surface area contributed by atoms with Gasteiger partial charge in [0.15, 0.2) is 0 Å². The van der Waals surface area contributed by atoms with E-state index in [0.29, 0.717) is 26.1 Å². The van der Waals surface area contributed by atoms with E-state index in [2.05, 4.69) is 5.16 Å². The molecule has 0 saturated carbocycles. The summed E-state index contributed by atoms with van der Waals surface area (Å²) in [5, 5.41) is 3.95. The first-order valence-electron chi connectivity index (χ1n) is 8.11. The Kier molecular flexibility index (Phi) is 6.20. The molecule has 0 fully saturated rings. The SMILES string of the molecule is COCCCN(Cc1ccc(OC)cc1)C(=O)C1(C)CC(C)=NO1. The molecule has 1 heterocycles. The van der Waals surface area contributed by atoms with Crippen LogP contribution in [-0.4, -0.2) is 49.5 Å². The number of rotatable bonds is 8. The van der Waals surface area contributed by atoms with Gasteiger partial charge < -0.3 is 19.2 Å². The highest BCUT2D eigenvalue weighted by Crippen LogP contribution is 2.27. The Labute approximate surface area is 143 Å². The van der Waals surface area contributed by atoms with Crippen LogP contribution in [0.1, 0.15) is 32.3 Å². The molecule has 0 aliphatic carbocycles. The van der Waals surface area contributed by atoms with E-state index in [1.807, 2.05) is 36.1 Å². The predicted octanol–water partition coefficient (Wildman–Crippen LogP) is 2.62. The zero-order valence-electron chi connectivity index (χ0n) is 14.9. The Morgan fingerprint density at radius 3 is 2.58 bits per heavy atom. The van der Waals surface area contributed by atoms with Crippen molar-refractivity contribution in [2.75, 3.05) is 27.4 Å². The molecule has 1 aliphatic heterocycles. The zero-order chi connectivity index (χ0) is 17.6. The summed E-state index contributed by atoms with van der Waals surface area (Å²) in [6, 6.07) is 7.73. The molecule has 0 saturated heterocycles. The summed E-state index contributed by atoms with van der Waals surface area (Å²) in [5.41, 5.74) is 0.969. The van der Waals surface area contributed by atoms with Crippen LogP contribution in [0.2, 0.25) is 0 Å². The smallest absolute Gasteiger partial charge is 0.270 e. The average molecular weight is 334 g/mol. The standard InChI is InChI=1S/C18H26N2O4/c1-14-12-18(2,24-19-14)17(21)20(10-5-11-22-3)13-15-6-8-16(23-4)9-7-15/h6-9H,5,10-13H2,1-4H3. The van der Waals surface area contributed by atoms with Crippen molar-refractivity contribution < 1.29 is 19.1 Å². The summed E-state index contributed by atoms with van der Waals surface area (Å²) in [6.07, 6.45) is 1.30. The highest BCUT2D eigenvalue weighted by molar-refractivity contribution is 5.94. The molecule has 0 radical (unpaired) electrons. The van der Waals surface area contributed by atoms with E-state index in [9.17, 15) is 4.79 Å². The van der Waals surface area contributed by atoms with E-state index in [-0.39, 0.29) is 5.91 Å². The maximum Gasteiger partial charge on any atom is 0.270 e. The number of amides is 1. The molecular formula is C18H26N2O4. The summed E-state index contributed by atoms with van der Waals surface area (Å²) < 4.78 is 10.3. The zero-order valence-corrected chi connectivity index (χ0v) is 14.9. The minimum Gasteiger partial charge on any atom is -0.497 e. The highest BCUT2D eigenvalue weighted by Gasteiger charge is 2.43. The molecule has 132 valence electrons. The molecule has 1 atom stereocenters. The molecule has 24 heavy (non-hydrogen) atoms. The number of ether oxygens (including phenoxy) is 2. The number of methoxy groups -OCH3 is 2. The van der Waals surface area contributed by atoms with E-state index in [0.717, 1.165) is 23.4 Å². The summed E-state index contributed by atoms with van der Waals surface area (Å²) in [4.78, 5) is 20.2. The van der Waals surface area contributed by atoms with Gasteiger partial charge >= 0.3 is 0 Å². The molecule has 0 bridgehead atoms. The quantitative estimate of drug-likeness (QED) is 0.686. The summed E-state index contributed by atoms with van der Waals surface area (Å²) in [6.45, 7) is 5.41. The second-order valence-corrected chi connectivity index (χ2v) is 6.25. The first kappa shape index (κ1) is 18.3. The number of hydrogen-bond acceptors (Lipinski definition) is 5. The maximum absolute atomic E-state index is 13.0. The van der Waals surface area contributed by atoms with Gasteiger partial charge in [-0.25, -0.2) is 0 Å². The van der Waals surface area contributed by atoms with E-state index < -0.39 is 5.60 Å². The number of carbonyl (C=O) groups excluding carboxylic acids is 1. The maximum atomic E-state index is 13.0. The lowest BCUT2D eigenvalue weighted by molar-refractivity contribution is -0.154. The van der Waals surface area contributed by atoms with Crippen molar-refractivity contribution in [1.82, 2.24) is 4.90 Å². The number of nitrogens with zero attached hydrogens (tertiary/aromatic N) is 2. The van der Waals surface area contributed by atoms with Gasteiger partial charge in [0.1, 0.15) is 5.75 Å². The summed E-state index contributed by atoms with van der Waals surface area (Å²) in [5.74, 6) is 0.751.